The lowest BCUT2D eigenvalue weighted by Gasteiger charge is -2.35. The van der Waals surface area contributed by atoms with E-state index in [1.165, 1.54) is 11.0 Å². The number of amides is 1. The molecule has 0 radical (unpaired) electrons. The summed E-state index contributed by atoms with van der Waals surface area (Å²) < 4.78 is 18.7. The standard InChI is InChI=1S/C15H20FNO3/c1-17(11-15(19)6-8-20-9-7-15)14(18)10-12-4-2-3-5-13(12)16/h2-5,19H,6-11H2,1H3. The number of aliphatic hydroxyl groups is 1. The van der Waals surface area contributed by atoms with Crippen molar-refractivity contribution in [2.75, 3.05) is 26.8 Å². The van der Waals surface area contributed by atoms with Crippen LogP contribution in [-0.2, 0) is 16.0 Å². The fourth-order valence-electron chi connectivity index (χ4n) is 2.38. The summed E-state index contributed by atoms with van der Waals surface area (Å²) in [5.41, 5.74) is -0.513. The third kappa shape index (κ3) is 3.77. The minimum atomic E-state index is -0.891. The number of hydrogen-bond acceptors (Lipinski definition) is 3. The van der Waals surface area contributed by atoms with Crippen LogP contribution in [0.5, 0.6) is 0 Å². The van der Waals surface area contributed by atoms with Crippen molar-refractivity contribution in [2.45, 2.75) is 24.9 Å². The van der Waals surface area contributed by atoms with Crippen LogP contribution >= 0.6 is 0 Å². The molecule has 1 saturated heterocycles. The van der Waals surface area contributed by atoms with Crippen LogP contribution in [0, 0.1) is 5.82 Å². The zero-order valence-electron chi connectivity index (χ0n) is 11.6. The molecule has 0 spiro atoms. The van der Waals surface area contributed by atoms with Crippen LogP contribution in [0.2, 0.25) is 0 Å². The zero-order valence-corrected chi connectivity index (χ0v) is 11.6. The van der Waals surface area contributed by atoms with Gasteiger partial charge in [-0.1, -0.05) is 18.2 Å². The number of benzene rings is 1. The molecule has 0 saturated carbocycles. The summed E-state index contributed by atoms with van der Waals surface area (Å²) >= 11 is 0. The second kappa shape index (κ2) is 6.33. The van der Waals surface area contributed by atoms with Crippen LogP contribution in [0.15, 0.2) is 24.3 Å². The number of hydrogen-bond donors (Lipinski definition) is 1. The van der Waals surface area contributed by atoms with Gasteiger partial charge in [-0.3, -0.25) is 4.79 Å². The van der Waals surface area contributed by atoms with Crippen molar-refractivity contribution < 1.29 is 19.0 Å². The summed E-state index contributed by atoms with van der Waals surface area (Å²) in [4.78, 5) is 13.6. The quantitative estimate of drug-likeness (QED) is 0.907. The molecule has 0 aliphatic carbocycles. The average molecular weight is 281 g/mol. The molecule has 0 atom stereocenters. The lowest BCUT2D eigenvalue weighted by molar-refractivity contribution is -0.136. The molecule has 1 fully saturated rings. The number of ether oxygens (including phenoxy) is 1. The van der Waals surface area contributed by atoms with Gasteiger partial charge in [0.1, 0.15) is 5.82 Å². The lowest BCUT2D eigenvalue weighted by atomic mass is 9.94. The van der Waals surface area contributed by atoms with Gasteiger partial charge in [0.2, 0.25) is 5.91 Å². The molecule has 20 heavy (non-hydrogen) atoms. The summed E-state index contributed by atoms with van der Waals surface area (Å²) in [5.74, 6) is -0.575. The van der Waals surface area contributed by atoms with Crippen LogP contribution < -0.4 is 0 Å². The van der Waals surface area contributed by atoms with E-state index in [2.05, 4.69) is 0 Å². The zero-order chi connectivity index (χ0) is 14.6. The number of nitrogens with zero attached hydrogens (tertiary/aromatic N) is 1. The van der Waals surface area contributed by atoms with Crippen LogP contribution in [-0.4, -0.2) is 48.3 Å². The van der Waals surface area contributed by atoms with E-state index in [4.69, 9.17) is 4.74 Å². The molecular formula is C15H20FNO3. The molecule has 1 N–H and O–H groups in total. The molecule has 1 aromatic carbocycles. The second-order valence-corrected chi connectivity index (χ2v) is 5.35. The molecule has 1 aromatic rings. The first kappa shape index (κ1) is 14.9. The molecule has 5 heteroatoms. The van der Waals surface area contributed by atoms with Crippen LogP contribution in [0.1, 0.15) is 18.4 Å². The number of likely N-dealkylation sites (N-methyl/N-ethyl adjacent to an activating group) is 1. The van der Waals surface area contributed by atoms with Crippen molar-refractivity contribution in [1.29, 1.82) is 0 Å². The summed E-state index contributed by atoms with van der Waals surface area (Å²) in [6, 6.07) is 6.24. The molecule has 1 aliphatic rings. The predicted octanol–water partition coefficient (Wildman–Crippen LogP) is 1.37. The minimum Gasteiger partial charge on any atom is -0.388 e. The van der Waals surface area contributed by atoms with E-state index >= 15 is 0 Å². The molecule has 2 rings (SSSR count). The Bertz CT molecular complexity index is 472. The van der Waals surface area contributed by atoms with Crippen LogP contribution in [0.3, 0.4) is 0 Å². The largest absolute Gasteiger partial charge is 0.388 e. The van der Waals surface area contributed by atoms with Gasteiger partial charge in [0, 0.05) is 39.6 Å². The van der Waals surface area contributed by atoms with E-state index in [0.717, 1.165) is 0 Å². The normalized spacial score (nSPS) is 17.8. The number of carbonyl (C=O) groups excluding carboxylic acids is 1. The monoisotopic (exact) mass is 281 g/mol. The molecule has 1 aliphatic heterocycles. The molecule has 110 valence electrons. The summed E-state index contributed by atoms with van der Waals surface area (Å²) in [5, 5.41) is 10.4. The fourth-order valence-corrected chi connectivity index (χ4v) is 2.38. The SMILES string of the molecule is CN(CC1(O)CCOCC1)C(=O)Cc1ccccc1F. The first-order valence-corrected chi connectivity index (χ1v) is 6.78. The molecule has 0 bridgehead atoms. The van der Waals surface area contributed by atoms with E-state index < -0.39 is 5.60 Å². The first-order chi connectivity index (χ1) is 9.50. The van der Waals surface area contributed by atoms with E-state index in [1.54, 1.807) is 25.2 Å². The highest BCUT2D eigenvalue weighted by Gasteiger charge is 2.32. The maximum absolute atomic E-state index is 13.5. The Labute approximate surface area is 118 Å². The van der Waals surface area contributed by atoms with Crippen molar-refractivity contribution >= 4 is 5.91 Å². The predicted molar refractivity (Wildman–Crippen MR) is 72.7 cm³/mol. The highest BCUT2D eigenvalue weighted by atomic mass is 19.1. The van der Waals surface area contributed by atoms with Crippen molar-refractivity contribution in [3.63, 3.8) is 0 Å². The van der Waals surface area contributed by atoms with Crippen molar-refractivity contribution in [3.05, 3.63) is 35.6 Å². The van der Waals surface area contributed by atoms with Gasteiger partial charge in [0.05, 0.1) is 12.0 Å². The van der Waals surface area contributed by atoms with Gasteiger partial charge in [-0.05, 0) is 11.6 Å². The van der Waals surface area contributed by atoms with E-state index in [1.807, 2.05) is 0 Å². The van der Waals surface area contributed by atoms with E-state index in [9.17, 15) is 14.3 Å². The highest BCUT2D eigenvalue weighted by molar-refractivity contribution is 5.78. The fraction of sp³-hybridized carbons (Fsp3) is 0.533. The van der Waals surface area contributed by atoms with Crippen molar-refractivity contribution in [1.82, 2.24) is 4.90 Å². The van der Waals surface area contributed by atoms with Crippen molar-refractivity contribution in [2.24, 2.45) is 0 Å². The lowest BCUT2D eigenvalue weighted by Crippen LogP contribution is -2.47. The Balaban J connectivity index is 1.93. The molecule has 1 amide bonds. The molecular weight excluding hydrogens is 261 g/mol. The van der Waals surface area contributed by atoms with Gasteiger partial charge >= 0.3 is 0 Å². The Hall–Kier alpha value is -1.46. The maximum Gasteiger partial charge on any atom is 0.226 e. The first-order valence-electron chi connectivity index (χ1n) is 6.78. The van der Waals surface area contributed by atoms with Gasteiger partial charge in [-0.25, -0.2) is 4.39 Å². The maximum atomic E-state index is 13.5. The molecule has 0 aromatic heterocycles. The summed E-state index contributed by atoms with van der Waals surface area (Å²) in [6.07, 6.45) is 1.05. The Morgan fingerprint density at radius 2 is 2.05 bits per heavy atom. The summed E-state index contributed by atoms with van der Waals surface area (Å²) in [7, 11) is 1.64. The second-order valence-electron chi connectivity index (χ2n) is 5.35. The Kier molecular flexibility index (Phi) is 4.73. The van der Waals surface area contributed by atoms with Gasteiger partial charge in [-0.15, -0.1) is 0 Å². The molecule has 0 unspecified atom stereocenters. The Morgan fingerprint density at radius 3 is 2.70 bits per heavy atom. The smallest absolute Gasteiger partial charge is 0.226 e. The minimum absolute atomic E-state index is 0.00968. The average Bonchev–Trinajstić information content (AvgIpc) is 2.41. The van der Waals surface area contributed by atoms with Gasteiger partial charge in [0.15, 0.2) is 0 Å². The summed E-state index contributed by atoms with van der Waals surface area (Å²) in [6.45, 7) is 1.27. The van der Waals surface area contributed by atoms with Gasteiger partial charge in [-0.2, -0.15) is 0 Å². The van der Waals surface area contributed by atoms with Gasteiger partial charge < -0.3 is 14.7 Å². The van der Waals surface area contributed by atoms with Crippen LogP contribution in [0.25, 0.3) is 0 Å². The van der Waals surface area contributed by atoms with Crippen molar-refractivity contribution in [3.8, 4) is 0 Å². The number of carbonyl (C=O) groups is 1. The van der Waals surface area contributed by atoms with Gasteiger partial charge in [0.25, 0.3) is 0 Å². The van der Waals surface area contributed by atoms with Crippen LogP contribution in [0.4, 0.5) is 4.39 Å². The Morgan fingerprint density at radius 1 is 1.40 bits per heavy atom. The topological polar surface area (TPSA) is 49.8 Å². The van der Waals surface area contributed by atoms with E-state index in [0.29, 0.717) is 31.6 Å². The third-order valence-electron chi connectivity index (χ3n) is 3.68. The number of rotatable bonds is 4. The third-order valence-corrected chi connectivity index (χ3v) is 3.68. The van der Waals surface area contributed by atoms with E-state index in [-0.39, 0.29) is 24.7 Å². The molecule has 4 nitrogen and oxygen atoms in total. The molecule has 1 heterocycles. The highest BCUT2D eigenvalue weighted by Crippen LogP contribution is 2.21. The number of halogens is 1.